The first kappa shape index (κ1) is 15.5. The second-order valence-corrected chi connectivity index (χ2v) is 6.96. The topological polar surface area (TPSA) is 32.7 Å². The van der Waals surface area contributed by atoms with Gasteiger partial charge < -0.3 is 9.84 Å². The summed E-state index contributed by atoms with van der Waals surface area (Å²) in [5, 5.41) is 10.3. The van der Waals surface area contributed by atoms with E-state index in [1.54, 1.807) is 0 Å². The molecule has 0 radical (unpaired) electrons. The monoisotopic (exact) mass is 277 g/mol. The molecule has 1 aliphatic rings. The Labute approximate surface area is 122 Å². The molecule has 0 saturated carbocycles. The van der Waals surface area contributed by atoms with Gasteiger partial charge in [0.2, 0.25) is 0 Å². The third-order valence-corrected chi connectivity index (χ3v) is 3.68. The maximum Gasteiger partial charge on any atom is 0.0961 e. The molecule has 1 fully saturated rings. The largest absolute Gasteiger partial charge is 0.390 e. The fraction of sp³-hybridized carbons (Fsp3) is 0.647. The molecule has 1 N–H and O–H groups in total. The number of nitrogens with zero attached hydrogens (tertiary/aromatic N) is 1. The average Bonchev–Trinajstić information content (AvgIpc) is 2.38. The van der Waals surface area contributed by atoms with Gasteiger partial charge in [-0.1, -0.05) is 51.1 Å². The lowest BCUT2D eigenvalue weighted by Gasteiger charge is -2.37. The van der Waals surface area contributed by atoms with E-state index in [1.165, 1.54) is 5.56 Å². The third kappa shape index (κ3) is 4.89. The van der Waals surface area contributed by atoms with Crippen LogP contribution in [0.15, 0.2) is 30.3 Å². The molecule has 2 rings (SSSR count). The van der Waals surface area contributed by atoms with E-state index in [0.29, 0.717) is 6.61 Å². The van der Waals surface area contributed by atoms with Crippen molar-refractivity contribution < 1.29 is 9.84 Å². The molecular formula is C17H27NO2. The Kier molecular flexibility index (Phi) is 5.19. The van der Waals surface area contributed by atoms with Gasteiger partial charge in [-0.3, -0.25) is 4.90 Å². The Morgan fingerprint density at radius 3 is 2.65 bits per heavy atom. The predicted molar refractivity (Wildman–Crippen MR) is 81.5 cm³/mol. The van der Waals surface area contributed by atoms with Crippen molar-refractivity contribution in [3.8, 4) is 0 Å². The van der Waals surface area contributed by atoms with Gasteiger partial charge in [0.15, 0.2) is 0 Å². The van der Waals surface area contributed by atoms with Crippen LogP contribution in [0, 0.1) is 5.41 Å². The van der Waals surface area contributed by atoms with Crippen LogP contribution in [0.25, 0.3) is 0 Å². The number of morpholine rings is 1. The summed E-state index contributed by atoms with van der Waals surface area (Å²) in [7, 11) is 0. The van der Waals surface area contributed by atoms with Crippen molar-refractivity contribution >= 4 is 0 Å². The van der Waals surface area contributed by atoms with Gasteiger partial charge in [0.25, 0.3) is 0 Å². The van der Waals surface area contributed by atoms with Crippen molar-refractivity contribution in [2.24, 2.45) is 5.41 Å². The summed E-state index contributed by atoms with van der Waals surface area (Å²) < 4.78 is 5.76. The van der Waals surface area contributed by atoms with Crippen LogP contribution in [0.2, 0.25) is 0 Å². The van der Waals surface area contributed by atoms with E-state index in [4.69, 9.17) is 4.74 Å². The van der Waals surface area contributed by atoms with Crippen molar-refractivity contribution in [3.63, 3.8) is 0 Å². The second-order valence-electron chi connectivity index (χ2n) is 6.96. The van der Waals surface area contributed by atoms with E-state index in [-0.39, 0.29) is 17.6 Å². The average molecular weight is 277 g/mol. The SMILES string of the molecule is CC(C)(C)CC(O)C1CN(Cc2ccccc2)CCO1. The molecule has 1 aliphatic heterocycles. The lowest BCUT2D eigenvalue weighted by molar-refractivity contribution is -0.0991. The second kappa shape index (κ2) is 6.70. The highest BCUT2D eigenvalue weighted by Gasteiger charge is 2.29. The number of hydrogen-bond acceptors (Lipinski definition) is 3. The lowest BCUT2D eigenvalue weighted by Crippen LogP contribution is -2.48. The number of aliphatic hydroxyl groups excluding tert-OH is 1. The Morgan fingerprint density at radius 2 is 2.00 bits per heavy atom. The zero-order chi connectivity index (χ0) is 14.6. The maximum atomic E-state index is 10.3. The molecule has 0 aliphatic carbocycles. The van der Waals surface area contributed by atoms with Crippen molar-refractivity contribution in [2.75, 3.05) is 19.7 Å². The van der Waals surface area contributed by atoms with Gasteiger partial charge in [0.05, 0.1) is 18.8 Å². The van der Waals surface area contributed by atoms with Crippen LogP contribution >= 0.6 is 0 Å². The molecule has 0 bridgehead atoms. The summed E-state index contributed by atoms with van der Waals surface area (Å²) in [4.78, 5) is 2.37. The normalized spacial score (nSPS) is 22.7. The molecular weight excluding hydrogens is 250 g/mol. The molecule has 0 spiro atoms. The van der Waals surface area contributed by atoms with E-state index >= 15 is 0 Å². The van der Waals surface area contributed by atoms with Crippen LogP contribution in [0.5, 0.6) is 0 Å². The third-order valence-electron chi connectivity index (χ3n) is 3.68. The fourth-order valence-corrected chi connectivity index (χ4v) is 2.71. The Morgan fingerprint density at radius 1 is 1.30 bits per heavy atom. The van der Waals surface area contributed by atoms with Crippen molar-refractivity contribution in [1.82, 2.24) is 4.90 Å². The zero-order valence-corrected chi connectivity index (χ0v) is 12.9. The summed E-state index contributed by atoms with van der Waals surface area (Å²) in [5.41, 5.74) is 1.45. The number of hydrogen-bond donors (Lipinski definition) is 1. The van der Waals surface area contributed by atoms with Gasteiger partial charge in [0, 0.05) is 19.6 Å². The van der Waals surface area contributed by atoms with Gasteiger partial charge >= 0.3 is 0 Å². The highest BCUT2D eigenvalue weighted by atomic mass is 16.5. The smallest absolute Gasteiger partial charge is 0.0961 e. The first-order valence-electron chi connectivity index (χ1n) is 7.50. The van der Waals surface area contributed by atoms with Crippen LogP contribution in [0.3, 0.4) is 0 Å². The number of rotatable bonds is 4. The van der Waals surface area contributed by atoms with Crippen molar-refractivity contribution in [2.45, 2.75) is 45.9 Å². The lowest BCUT2D eigenvalue weighted by atomic mass is 9.87. The van der Waals surface area contributed by atoms with Crippen LogP contribution < -0.4 is 0 Å². The van der Waals surface area contributed by atoms with Crippen molar-refractivity contribution in [3.05, 3.63) is 35.9 Å². The number of ether oxygens (including phenoxy) is 1. The Bertz CT molecular complexity index is 399. The maximum absolute atomic E-state index is 10.3. The molecule has 2 unspecified atom stereocenters. The van der Waals surface area contributed by atoms with E-state index in [1.807, 2.05) is 6.07 Å². The summed E-state index contributed by atoms with van der Waals surface area (Å²) in [6.07, 6.45) is 0.330. The molecule has 1 heterocycles. The molecule has 3 heteroatoms. The molecule has 112 valence electrons. The first-order chi connectivity index (χ1) is 9.44. The summed E-state index contributed by atoms with van der Waals surface area (Å²) in [6, 6.07) is 10.5. The minimum absolute atomic E-state index is 0.0633. The van der Waals surface area contributed by atoms with Gasteiger partial charge in [-0.05, 0) is 17.4 Å². The molecule has 20 heavy (non-hydrogen) atoms. The van der Waals surface area contributed by atoms with Gasteiger partial charge in [0.1, 0.15) is 0 Å². The van der Waals surface area contributed by atoms with E-state index in [0.717, 1.165) is 26.1 Å². The highest BCUT2D eigenvalue weighted by Crippen LogP contribution is 2.24. The Hall–Kier alpha value is -0.900. The number of benzene rings is 1. The predicted octanol–water partition coefficient (Wildman–Crippen LogP) is 2.68. The fourth-order valence-electron chi connectivity index (χ4n) is 2.71. The standard InChI is InChI=1S/C17H27NO2/c1-17(2,3)11-15(19)16-13-18(9-10-20-16)12-14-7-5-4-6-8-14/h4-8,15-16,19H,9-13H2,1-3H3. The molecule has 1 aromatic rings. The van der Waals surface area contributed by atoms with Gasteiger partial charge in [-0.25, -0.2) is 0 Å². The van der Waals surface area contributed by atoms with Crippen LogP contribution in [-0.2, 0) is 11.3 Å². The molecule has 0 aromatic heterocycles. The molecule has 2 atom stereocenters. The first-order valence-corrected chi connectivity index (χ1v) is 7.50. The Balaban J connectivity index is 1.88. The summed E-state index contributed by atoms with van der Waals surface area (Å²) in [6.45, 7) is 9.85. The molecule has 0 amide bonds. The van der Waals surface area contributed by atoms with Crippen molar-refractivity contribution in [1.29, 1.82) is 0 Å². The quantitative estimate of drug-likeness (QED) is 0.918. The highest BCUT2D eigenvalue weighted by molar-refractivity contribution is 5.14. The minimum Gasteiger partial charge on any atom is -0.390 e. The van der Waals surface area contributed by atoms with Crippen LogP contribution in [-0.4, -0.2) is 41.9 Å². The molecule has 1 aromatic carbocycles. The van der Waals surface area contributed by atoms with Gasteiger partial charge in [-0.15, -0.1) is 0 Å². The van der Waals surface area contributed by atoms with Gasteiger partial charge in [-0.2, -0.15) is 0 Å². The minimum atomic E-state index is -0.381. The van der Waals surface area contributed by atoms with Crippen LogP contribution in [0.4, 0.5) is 0 Å². The van der Waals surface area contributed by atoms with E-state index < -0.39 is 0 Å². The zero-order valence-electron chi connectivity index (χ0n) is 12.9. The van der Waals surface area contributed by atoms with Crippen LogP contribution in [0.1, 0.15) is 32.8 Å². The molecule has 3 nitrogen and oxygen atoms in total. The summed E-state index contributed by atoms with van der Waals surface area (Å²) >= 11 is 0. The number of aliphatic hydroxyl groups is 1. The summed E-state index contributed by atoms with van der Waals surface area (Å²) in [5.74, 6) is 0. The molecule has 1 saturated heterocycles. The van der Waals surface area contributed by atoms with E-state index in [9.17, 15) is 5.11 Å². The van der Waals surface area contributed by atoms with E-state index in [2.05, 4.69) is 49.9 Å².